The van der Waals surface area contributed by atoms with Crippen molar-refractivity contribution < 1.29 is 23.1 Å². The van der Waals surface area contributed by atoms with Crippen LogP contribution in [0.5, 0.6) is 5.75 Å². The molecule has 6 heteroatoms. The molecule has 0 aromatic heterocycles. The minimum Gasteiger partial charge on any atom is -0.417 e. The van der Waals surface area contributed by atoms with Gasteiger partial charge in [-0.1, -0.05) is 56.7 Å². The Kier molecular flexibility index (Phi) is 6.69. The number of carbonyl (C=O) groups is 1. The van der Waals surface area contributed by atoms with Crippen LogP contribution in [0.25, 0.3) is 0 Å². The lowest BCUT2D eigenvalue weighted by Gasteiger charge is -2.29. The van der Waals surface area contributed by atoms with Crippen LogP contribution in [-0.4, -0.2) is 17.9 Å². The third kappa shape index (κ3) is 5.40. The molecule has 0 aliphatic heterocycles. The van der Waals surface area contributed by atoms with Crippen molar-refractivity contribution in [2.45, 2.75) is 76.4 Å². The van der Waals surface area contributed by atoms with E-state index in [2.05, 4.69) is 0 Å². The van der Waals surface area contributed by atoms with Crippen molar-refractivity contribution in [1.29, 1.82) is 0 Å². The fraction of sp³-hybridized carbons (Fsp3) is 0.632. The molecule has 0 bridgehead atoms. The molecule has 2 fully saturated rings. The number of hydrogen-bond donors (Lipinski definition) is 0. The first kappa shape index (κ1) is 18.6. The van der Waals surface area contributed by atoms with E-state index < -0.39 is 13.3 Å². The van der Waals surface area contributed by atoms with Crippen molar-refractivity contribution in [3.8, 4) is 5.75 Å². The largest absolute Gasteiger partial charge is 0.439 e. The summed E-state index contributed by atoms with van der Waals surface area (Å²) in [5.74, 6) is 0.354. The van der Waals surface area contributed by atoms with E-state index in [-0.39, 0.29) is 12.2 Å². The number of para-hydroxylation sites is 1. The standard InChI is InChI=1S/C19H27O5P/c20-19(22-16-10-4-1-5-11-16)25(21,23-17-12-6-2-7-13-17)24-18-14-8-3-9-15-18/h1,4-5,10-11,17-18H,2-3,6-9,12-15H2. The van der Waals surface area contributed by atoms with Crippen molar-refractivity contribution in [3.63, 3.8) is 0 Å². The molecule has 0 atom stereocenters. The highest BCUT2D eigenvalue weighted by Gasteiger charge is 2.42. The summed E-state index contributed by atoms with van der Waals surface area (Å²) in [4.78, 5) is 12.6. The van der Waals surface area contributed by atoms with Crippen molar-refractivity contribution in [3.05, 3.63) is 30.3 Å². The maximum Gasteiger partial charge on any atom is 0.439 e. The molecule has 0 amide bonds. The molecule has 3 rings (SSSR count). The number of carbonyl (C=O) groups excluding carboxylic acids is 1. The molecular weight excluding hydrogens is 339 g/mol. The predicted octanol–water partition coefficient (Wildman–Crippen LogP) is 6.08. The van der Waals surface area contributed by atoms with Gasteiger partial charge in [0.1, 0.15) is 5.75 Å². The Bertz CT molecular complexity index is 567. The molecule has 1 aromatic rings. The van der Waals surface area contributed by atoms with E-state index in [1.807, 2.05) is 6.07 Å². The Labute approximate surface area is 149 Å². The minimum atomic E-state index is -3.97. The normalized spacial score (nSPS) is 20.3. The van der Waals surface area contributed by atoms with Crippen molar-refractivity contribution in [2.24, 2.45) is 0 Å². The van der Waals surface area contributed by atoms with Gasteiger partial charge in [-0.25, -0.2) is 9.36 Å². The lowest BCUT2D eigenvalue weighted by Crippen LogP contribution is -2.24. The maximum absolute atomic E-state index is 13.3. The second-order valence-corrected chi connectivity index (χ2v) is 8.69. The second-order valence-electron chi connectivity index (χ2n) is 6.91. The van der Waals surface area contributed by atoms with E-state index >= 15 is 0 Å². The minimum absolute atomic E-state index is 0.188. The molecule has 0 saturated heterocycles. The third-order valence-corrected chi connectivity index (χ3v) is 6.54. The summed E-state index contributed by atoms with van der Waals surface area (Å²) in [7, 11) is -3.97. The Balaban J connectivity index is 1.71. The Hall–Kier alpha value is -1.16. The average molecular weight is 366 g/mol. The van der Waals surface area contributed by atoms with Crippen LogP contribution in [0, 0.1) is 0 Å². The van der Waals surface area contributed by atoms with E-state index in [9.17, 15) is 9.36 Å². The van der Waals surface area contributed by atoms with Gasteiger partial charge in [0.05, 0.1) is 12.2 Å². The topological polar surface area (TPSA) is 61.8 Å². The molecule has 25 heavy (non-hydrogen) atoms. The van der Waals surface area contributed by atoms with E-state index in [0.29, 0.717) is 5.75 Å². The number of ether oxygens (including phenoxy) is 1. The Morgan fingerprint density at radius 2 is 1.28 bits per heavy atom. The molecule has 0 unspecified atom stereocenters. The molecule has 138 valence electrons. The first-order chi connectivity index (χ1) is 12.2. The zero-order chi connectivity index (χ0) is 17.5. The maximum atomic E-state index is 13.3. The monoisotopic (exact) mass is 366 g/mol. The molecule has 0 N–H and O–H groups in total. The van der Waals surface area contributed by atoms with Crippen LogP contribution in [0.4, 0.5) is 4.79 Å². The van der Waals surface area contributed by atoms with Gasteiger partial charge in [0.25, 0.3) is 0 Å². The van der Waals surface area contributed by atoms with E-state index in [1.165, 1.54) is 0 Å². The van der Waals surface area contributed by atoms with Gasteiger partial charge < -0.3 is 4.74 Å². The van der Waals surface area contributed by atoms with Gasteiger partial charge in [-0.3, -0.25) is 9.05 Å². The fourth-order valence-electron chi connectivity index (χ4n) is 3.49. The van der Waals surface area contributed by atoms with E-state index in [1.54, 1.807) is 24.3 Å². The quantitative estimate of drug-likeness (QED) is 0.571. The van der Waals surface area contributed by atoms with Gasteiger partial charge in [0, 0.05) is 0 Å². The Morgan fingerprint density at radius 1 is 0.800 bits per heavy atom. The Morgan fingerprint density at radius 3 is 1.76 bits per heavy atom. The van der Waals surface area contributed by atoms with E-state index in [0.717, 1.165) is 64.2 Å². The predicted molar refractivity (Wildman–Crippen MR) is 96.0 cm³/mol. The fourth-order valence-corrected chi connectivity index (χ4v) is 5.14. The summed E-state index contributed by atoms with van der Waals surface area (Å²) >= 11 is 0. The molecule has 0 heterocycles. The summed E-state index contributed by atoms with van der Waals surface area (Å²) < 4.78 is 30.2. The van der Waals surface area contributed by atoms with Gasteiger partial charge in [-0.2, -0.15) is 0 Å². The smallest absolute Gasteiger partial charge is 0.417 e. The van der Waals surface area contributed by atoms with Crippen LogP contribution in [0.2, 0.25) is 0 Å². The van der Waals surface area contributed by atoms with Crippen molar-refractivity contribution >= 4 is 13.3 Å². The number of hydrogen-bond acceptors (Lipinski definition) is 5. The van der Waals surface area contributed by atoms with Crippen LogP contribution in [0.15, 0.2) is 30.3 Å². The molecule has 2 saturated carbocycles. The summed E-state index contributed by atoms with van der Waals surface area (Å²) in [5, 5.41) is 0. The first-order valence-electron chi connectivity index (χ1n) is 9.40. The summed E-state index contributed by atoms with van der Waals surface area (Å²) in [6.45, 7) is 0. The van der Waals surface area contributed by atoms with Crippen LogP contribution in [0.3, 0.4) is 0 Å². The van der Waals surface area contributed by atoms with Crippen LogP contribution in [0.1, 0.15) is 64.2 Å². The average Bonchev–Trinajstić information content (AvgIpc) is 2.64. The molecule has 0 radical (unpaired) electrons. The SMILES string of the molecule is O=C(Oc1ccccc1)P(=O)(OC1CCCCC1)OC1CCCCC1. The van der Waals surface area contributed by atoms with Gasteiger partial charge in [-0.05, 0) is 37.8 Å². The number of rotatable bonds is 6. The van der Waals surface area contributed by atoms with Gasteiger partial charge >= 0.3 is 13.3 Å². The highest BCUT2D eigenvalue weighted by atomic mass is 31.2. The number of benzene rings is 1. The van der Waals surface area contributed by atoms with Gasteiger partial charge in [0.2, 0.25) is 0 Å². The molecule has 0 spiro atoms. The third-order valence-electron chi connectivity index (χ3n) is 4.85. The van der Waals surface area contributed by atoms with Crippen LogP contribution in [-0.2, 0) is 13.6 Å². The van der Waals surface area contributed by atoms with Gasteiger partial charge in [-0.15, -0.1) is 0 Å². The lowest BCUT2D eigenvalue weighted by molar-refractivity contribution is 0.0779. The molecule has 1 aromatic carbocycles. The molecule has 5 nitrogen and oxygen atoms in total. The van der Waals surface area contributed by atoms with Crippen LogP contribution >= 0.6 is 7.60 Å². The molecule has 2 aliphatic carbocycles. The summed E-state index contributed by atoms with van der Waals surface area (Å²) in [6.07, 6.45) is 9.32. The second kappa shape index (κ2) is 8.98. The summed E-state index contributed by atoms with van der Waals surface area (Å²) in [5.41, 5.74) is -0.894. The van der Waals surface area contributed by atoms with E-state index in [4.69, 9.17) is 13.8 Å². The van der Waals surface area contributed by atoms with Crippen LogP contribution < -0.4 is 4.74 Å². The summed E-state index contributed by atoms with van der Waals surface area (Å²) in [6, 6.07) is 8.66. The zero-order valence-electron chi connectivity index (χ0n) is 14.6. The lowest BCUT2D eigenvalue weighted by atomic mass is 9.98. The van der Waals surface area contributed by atoms with Gasteiger partial charge in [0.15, 0.2) is 0 Å². The van der Waals surface area contributed by atoms with Crippen molar-refractivity contribution in [2.75, 3.05) is 0 Å². The van der Waals surface area contributed by atoms with Crippen molar-refractivity contribution in [1.82, 2.24) is 0 Å². The molecule has 2 aliphatic rings. The highest BCUT2D eigenvalue weighted by Crippen LogP contribution is 2.54. The first-order valence-corrected chi connectivity index (χ1v) is 10.9. The zero-order valence-corrected chi connectivity index (χ0v) is 15.5. The molecular formula is C19H27O5P. The highest BCUT2D eigenvalue weighted by molar-refractivity contribution is 7.71.